The van der Waals surface area contributed by atoms with Gasteiger partial charge in [0.2, 0.25) is 5.91 Å². The van der Waals surface area contributed by atoms with Gasteiger partial charge in [-0.2, -0.15) is 5.26 Å². The first-order valence-corrected chi connectivity index (χ1v) is 5.74. The maximum atomic E-state index is 11.6. The maximum absolute atomic E-state index is 11.6. The second kappa shape index (κ2) is 7.67. The van der Waals surface area contributed by atoms with Gasteiger partial charge in [0.1, 0.15) is 0 Å². The minimum Gasteiger partial charge on any atom is -0.383 e. The number of hydrogen-bond donors (Lipinski definition) is 2. The molecule has 0 radical (unpaired) electrons. The van der Waals surface area contributed by atoms with Crippen LogP contribution in [0.25, 0.3) is 0 Å². The van der Waals surface area contributed by atoms with Gasteiger partial charge in [-0.25, -0.2) is 0 Å². The van der Waals surface area contributed by atoms with E-state index in [1.807, 2.05) is 6.07 Å². The molecule has 1 aromatic carbocycles. The quantitative estimate of drug-likeness (QED) is 0.764. The largest absolute Gasteiger partial charge is 0.383 e. The van der Waals surface area contributed by atoms with E-state index in [9.17, 15) is 4.79 Å². The van der Waals surface area contributed by atoms with Crippen molar-refractivity contribution in [2.24, 2.45) is 0 Å². The first kappa shape index (κ1) is 14.5. The Bertz CT molecular complexity index is 457. The number of nitrogens with one attached hydrogen (secondary N) is 2. The van der Waals surface area contributed by atoms with Crippen molar-refractivity contribution in [2.45, 2.75) is 0 Å². The summed E-state index contributed by atoms with van der Waals surface area (Å²) in [6.07, 6.45) is 0. The van der Waals surface area contributed by atoms with Gasteiger partial charge in [-0.05, 0) is 18.2 Å². The van der Waals surface area contributed by atoms with E-state index in [4.69, 9.17) is 21.6 Å². The molecular formula is C12H14ClN3O2. The summed E-state index contributed by atoms with van der Waals surface area (Å²) in [4.78, 5) is 11.6. The Morgan fingerprint density at radius 3 is 3.00 bits per heavy atom. The number of carbonyl (C=O) groups excluding carboxylic acids is 1. The van der Waals surface area contributed by atoms with Crippen LogP contribution in [0.4, 0.5) is 5.69 Å². The monoisotopic (exact) mass is 267 g/mol. The second-order valence-electron chi connectivity index (χ2n) is 3.52. The zero-order valence-electron chi connectivity index (χ0n) is 10.00. The van der Waals surface area contributed by atoms with Crippen LogP contribution >= 0.6 is 11.6 Å². The van der Waals surface area contributed by atoms with Crippen LogP contribution in [-0.2, 0) is 9.53 Å². The Hall–Kier alpha value is -1.61. The normalized spacial score (nSPS) is 9.83. The molecule has 0 atom stereocenters. The van der Waals surface area contributed by atoms with Crippen LogP contribution in [0.1, 0.15) is 5.56 Å². The van der Waals surface area contributed by atoms with Gasteiger partial charge in [-0.3, -0.25) is 4.79 Å². The van der Waals surface area contributed by atoms with Crippen molar-refractivity contribution in [1.82, 2.24) is 5.32 Å². The van der Waals surface area contributed by atoms with E-state index < -0.39 is 0 Å². The number of ether oxygens (including phenoxy) is 1. The molecule has 0 saturated carbocycles. The van der Waals surface area contributed by atoms with Crippen molar-refractivity contribution >= 4 is 23.2 Å². The molecule has 1 aromatic rings. The average molecular weight is 268 g/mol. The summed E-state index contributed by atoms with van der Waals surface area (Å²) in [5.41, 5.74) is 0.885. The molecule has 0 aliphatic heterocycles. The van der Waals surface area contributed by atoms with E-state index in [2.05, 4.69) is 10.6 Å². The Kier molecular flexibility index (Phi) is 6.15. The van der Waals surface area contributed by atoms with Crippen LogP contribution in [0.2, 0.25) is 5.02 Å². The number of rotatable bonds is 6. The van der Waals surface area contributed by atoms with Crippen molar-refractivity contribution in [3.63, 3.8) is 0 Å². The molecule has 0 aliphatic carbocycles. The number of methoxy groups -OCH3 is 1. The SMILES string of the molecule is COCCNCC(=O)Nc1cc(C#N)ccc1Cl. The van der Waals surface area contributed by atoms with Crippen molar-refractivity contribution in [1.29, 1.82) is 5.26 Å². The molecule has 96 valence electrons. The first-order valence-electron chi connectivity index (χ1n) is 5.36. The number of nitrogens with zero attached hydrogens (tertiary/aromatic N) is 1. The van der Waals surface area contributed by atoms with Crippen LogP contribution in [0.15, 0.2) is 18.2 Å². The van der Waals surface area contributed by atoms with Gasteiger partial charge in [-0.1, -0.05) is 11.6 Å². The van der Waals surface area contributed by atoms with Crippen molar-refractivity contribution in [3.8, 4) is 6.07 Å². The first-order chi connectivity index (χ1) is 8.67. The van der Waals surface area contributed by atoms with Crippen LogP contribution in [-0.4, -0.2) is 32.7 Å². The Balaban J connectivity index is 2.51. The summed E-state index contributed by atoms with van der Waals surface area (Å²) in [7, 11) is 1.59. The van der Waals surface area contributed by atoms with Crippen molar-refractivity contribution < 1.29 is 9.53 Å². The highest BCUT2D eigenvalue weighted by atomic mass is 35.5. The lowest BCUT2D eigenvalue weighted by molar-refractivity contribution is -0.115. The van der Waals surface area contributed by atoms with E-state index in [0.29, 0.717) is 29.4 Å². The van der Waals surface area contributed by atoms with E-state index in [1.54, 1.807) is 19.2 Å². The summed E-state index contributed by atoms with van der Waals surface area (Å²) >= 11 is 5.92. The standard InChI is InChI=1S/C12H14ClN3O2/c1-18-5-4-15-8-12(17)16-11-6-9(7-14)2-3-10(11)13/h2-3,6,15H,4-5,8H2,1H3,(H,16,17). The minimum atomic E-state index is -0.219. The van der Waals surface area contributed by atoms with E-state index in [-0.39, 0.29) is 12.5 Å². The summed E-state index contributed by atoms with van der Waals surface area (Å²) in [5.74, 6) is -0.219. The molecule has 1 amide bonds. The van der Waals surface area contributed by atoms with Gasteiger partial charge in [0.25, 0.3) is 0 Å². The molecule has 18 heavy (non-hydrogen) atoms. The number of benzene rings is 1. The molecule has 0 aliphatic rings. The number of anilines is 1. The second-order valence-corrected chi connectivity index (χ2v) is 3.93. The molecule has 0 fully saturated rings. The third-order valence-electron chi connectivity index (χ3n) is 2.14. The molecule has 5 nitrogen and oxygen atoms in total. The molecule has 0 saturated heterocycles. The van der Waals surface area contributed by atoms with E-state index in [0.717, 1.165) is 0 Å². The predicted octanol–water partition coefficient (Wildman–Crippen LogP) is 1.39. The van der Waals surface area contributed by atoms with Crippen molar-refractivity contribution in [3.05, 3.63) is 28.8 Å². The summed E-state index contributed by atoms with van der Waals surface area (Å²) < 4.78 is 4.84. The Labute approximate surface area is 111 Å². The Morgan fingerprint density at radius 1 is 1.56 bits per heavy atom. The topological polar surface area (TPSA) is 74.2 Å². The van der Waals surface area contributed by atoms with E-state index in [1.165, 1.54) is 6.07 Å². The smallest absolute Gasteiger partial charge is 0.238 e. The van der Waals surface area contributed by atoms with Gasteiger partial charge in [-0.15, -0.1) is 0 Å². The van der Waals surface area contributed by atoms with E-state index >= 15 is 0 Å². The molecule has 0 unspecified atom stereocenters. The van der Waals surface area contributed by atoms with Crippen LogP contribution in [0.5, 0.6) is 0 Å². The minimum absolute atomic E-state index is 0.163. The molecule has 0 aromatic heterocycles. The molecule has 0 spiro atoms. The highest BCUT2D eigenvalue weighted by molar-refractivity contribution is 6.33. The molecule has 6 heteroatoms. The lowest BCUT2D eigenvalue weighted by atomic mass is 10.2. The lowest BCUT2D eigenvalue weighted by Crippen LogP contribution is -2.30. The predicted molar refractivity (Wildman–Crippen MR) is 69.5 cm³/mol. The van der Waals surface area contributed by atoms with Crippen LogP contribution in [0.3, 0.4) is 0 Å². The number of hydrogen-bond acceptors (Lipinski definition) is 4. The molecular weight excluding hydrogens is 254 g/mol. The third kappa shape index (κ3) is 4.72. The fourth-order valence-corrected chi connectivity index (χ4v) is 1.43. The van der Waals surface area contributed by atoms with Crippen LogP contribution in [0, 0.1) is 11.3 Å². The summed E-state index contributed by atoms with van der Waals surface area (Å²) in [6.45, 7) is 1.30. The number of nitriles is 1. The van der Waals surface area contributed by atoms with Gasteiger partial charge in [0, 0.05) is 13.7 Å². The zero-order valence-corrected chi connectivity index (χ0v) is 10.8. The Morgan fingerprint density at radius 2 is 2.33 bits per heavy atom. The average Bonchev–Trinajstić information content (AvgIpc) is 2.37. The fourth-order valence-electron chi connectivity index (χ4n) is 1.26. The van der Waals surface area contributed by atoms with Gasteiger partial charge in [0.05, 0.1) is 35.5 Å². The number of amides is 1. The van der Waals surface area contributed by atoms with Gasteiger partial charge < -0.3 is 15.4 Å². The van der Waals surface area contributed by atoms with Crippen LogP contribution < -0.4 is 10.6 Å². The zero-order chi connectivity index (χ0) is 13.4. The summed E-state index contributed by atoms with van der Waals surface area (Å²) in [6, 6.07) is 6.69. The lowest BCUT2D eigenvalue weighted by Gasteiger charge is -2.08. The molecule has 0 heterocycles. The third-order valence-corrected chi connectivity index (χ3v) is 2.47. The molecule has 2 N–H and O–H groups in total. The number of halogens is 1. The number of carbonyl (C=O) groups is 1. The molecule has 0 bridgehead atoms. The maximum Gasteiger partial charge on any atom is 0.238 e. The fraction of sp³-hybridized carbons (Fsp3) is 0.333. The molecule has 1 rings (SSSR count). The highest BCUT2D eigenvalue weighted by Crippen LogP contribution is 2.22. The van der Waals surface area contributed by atoms with Gasteiger partial charge in [0.15, 0.2) is 0 Å². The van der Waals surface area contributed by atoms with Gasteiger partial charge >= 0.3 is 0 Å². The highest BCUT2D eigenvalue weighted by Gasteiger charge is 2.06. The summed E-state index contributed by atoms with van der Waals surface area (Å²) in [5, 5.41) is 14.7. The van der Waals surface area contributed by atoms with Crippen molar-refractivity contribution in [2.75, 3.05) is 32.1 Å².